The Balaban J connectivity index is 2.07. The van der Waals surface area contributed by atoms with Crippen LogP contribution in [-0.2, 0) is 5.41 Å². The van der Waals surface area contributed by atoms with Gasteiger partial charge in [0.25, 0.3) is 5.91 Å². The zero-order chi connectivity index (χ0) is 16.3. The van der Waals surface area contributed by atoms with Crippen molar-refractivity contribution in [1.82, 2.24) is 15.6 Å². The van der Waals surface area contributed by atoms with E-state index in [1.54, 1.807) is 18.2 Å². The molecule has 1 heterocycles. The van der Waals surface area contributed by atoms with Crippen molar-refractivity contribution in [1.29, 1.82) is 0 Å². The van der Waals surface area contributed by atoms with E-state index in [0.29, 0.717) is 16.4 Å². The van der Waals surface area contributed by atoms with E-state index in [1.807, 2.05) is 39.8 Å². The van der Waals surface area contributed by atoms with E-state index < -0.39 is 0 Å². The Labute approximate surface area is 134 Å². The molecule has 0 atom stereocenters. The van der Waals surface area contributed by atoms with Crippen molar-refractivity contribution < 1.29 is 4.79 Å². The van der Waals surface area contributed by atoms with Crippen molar-refractivity contribution >= 4 is 23.2 Å². The second-order valence-electron chi connectivity index (χ2n) is 6.06. The topological polar surface area (TPSA) is 70.1 Å². The van der Waals surface area contributed by atoms with Gasteiger partial charge in [0.15, 0.2) is 5.69 Å². The molecule has 2 aromatic rings. The summed E-state index contributed by atoms with van der Waals surface area (Å²) in [7, 11) is 0. The van der Waals surface area contributed by atoms with Gasteiger partial charge < -0.3 is 0 Å². The molecule has 0 aliphatic carbocycles. The largest absolute Gasteiger partial charge is 0.291 e. The summed E-state index contributed by atoms with van der Waals surface area (Å²) in [6.07, 6.45) is 0. The van der Waals surface area contributed by atoms with Crippen LogP contribution in [0, 0.1) is 0 Å². The minimum Gasteiger partial charge on any atom is -0.281 e. The number of hydrazone groups is 1. The van der Waals surface area contributed by atoms with Gasteiger partial charge >= 0.3 is 0 Å². The predicted octanol–water partition coefficient (Wildman–Crippen LogP) is 3.51. The number of rotatable bonds is 3. The standard InChI is InChI=1S/C16H19ClN4O/c1-10(11-5-7-12(17)8-6-11)18-21-15(22)13-9-14(20-19-13)16(2,3)4/h5-9H,1-4H3,(H,19,20)(H,21,22)/b18-10-. The molecule has 0 unspecified atom stereocenters. The van der Waals surface area contributed by atoms with Crippen LogP contribution in [0.3, 0.4) is 0 Å². The van der Waals surface area contributed by atoms with E-state index in [9.17, 15) is 4.79 Å². The second-order valence-corrected chi connectivity index (χ2v) is 6.50. The summed E-state index contributed by atoms with van der Waals surface area (Å²) in [5, 5.41) is 11.7. The molecule has 0 aliphatic heterocycles. The maximum atomic E-state index is 12.1. The Morgan fingerprint density at radius 1 is 1.27 bits per heavy atom. The summed E-state index contributed by atoms with van der Waals surface area (Å²) >= 11 is 5.84. The summed E-state index contributed by atoms with van der Waals surface area (Å²) in [6, 6.07) is 8.99. The van der Waals surface area contributed by atoms with Gasteiger partial charge in [0, 0.05) is 16.1 Å². The third-order valence-corrected chi connectivity index (χ3v) is 3.46. The fraction of sp³-hybridized carbons (Fsp3) is 0.312. The molecule has 2 N–H and O–H groups in total. The molecule has 5 nitrogen and oxygen atoms in total. The van der Waals surface area contributed by atoms with Gasteiger partial charge in [-0.3, -0.25) is 9.89 Å². The van der Waals surface area contributed by atoms with Crippen molar-refractivity contribution in [2.24, 2.45) is 5.10 Å². The monoisotopic (exact) mass is 318 g/mol. The number of hydrogen-bond acceptors (Lipinski definition) is 3. The van der Waals surface area contributed by atoms with Crippen molar-refractivity contribution in [3.8, 4) is 0 Å². The molecule has 0 fully saturated rings. The fourth-order valence-corrected chi connectivity index (χ4v) is 1.90. The van der Waals surface area contributed by atoms with Crippen LogP contribution in [0.25, 0.3) is 0 Å². The molecular formula is C16H19ClN4O. The molecule has 0 bridgehead atoms. The SMILES string of the molecule is C/C(=N/NC(=O)c1cc(C(C)(C)C)[nH]n1)c1ccc(Cl)cc1. The highest BCUT2D eigenvalue weighted by Crippen LogP contribution is 2.20. The van der Waals surface area contributed by atoms with E-state index in [-0.39, 0.29) is 11.3 Å². The van der Waals surface area contributed by atoms with E-state index in [1.165, 1.54) is 0 Å². The lowest BCUT2D eigenvalue weighted by Crippen LogP contribution is -2.19. The summed E-state index contributed by atoms with van der Waals surface area (Å²) in [4.78, 5) is 12.1. The Morgan fingerprint density at radius 2 is 1.91 bits per heavy atom. The van der Waals surface area contributed by atoms with Crippen LogP contribution < -0.4 is 5.43 Å². The van der Waals surface area contributed by atoms with Crippen molar-refractivity contribution in [3.63, 3.8) is 0 Å². The van der Waals surface area contributed by atoms with Crippen molar-refractivity contribution in [2.45, 2.75) is 33.1 Å². The zero-order valence-corrected chi connectivity index (χ0v) is 13.8. The molecule has 0 saturated heterocycles. The van der Waals surface area contributed by atoms with Gasteiger partial charge in [-0.15, -0.1) is 0 Å². The smallest absolute Gasteiger partial charge is 0.281 e. The van der Waals surface area contributed by atoms with Gasteiger partial charge in [-0.1, -0.05) is 44.5 Å². The molecule has 6 heteroatoms. The number of carbonyl (C=O) groups is 1. The van der Waals surface area contributed by atoms with Crippen LogP contribution in [0.5, 0.6) is 0 Å². The number of aromatic nitrogens is 2. The number of nitrogens with zero attached hydrogens (tertiary/aromatic N) is 2. The van der Waals surface area contributed by atoms with Crippen LogP contribution in [0.2, 0.25) is 5.02 Å². The molecule has 1 amide bonds. The highest BCUT2D eigenvalue weighted by atomic mass is 35.5. The lowest BCUT2D eigenvalue weighted by atomic mass is 9.92. The number of aromatic amines is 1. The third-order valence-electron chi connectivity index (χ3n) is 3.21. The Kier molecular flexibility index (Phi) is 4.66. The Hall–Kier alpha value is -2.14. The highest BCUT2D eigenvalue weighted by Gasteiger charge is 2.19. The lowest BCUT2D eigenvalue weighted by Gasteiger charge is -2.14. The molecule has 116 valence electrons. The Bertz CT molecular complexity index is 696. The highest BCUT2D eigenvalue weighted by molar-refractivity contribution is 6.30. The average molecular weight is 319 g/mol. The number of hydrogen-bond donors (Lipinski definition) is 2. The molecular weight excluding hydrogens is 300 g/mol. The molecule has 22 heavy (non-hydrogen) atoms. The summed E-state index contributed by atoms with van der Waals surface area (Å²) < 4.78 is 0. The Morgan fingerprint density at radius 3 is 2.45 bits per heavy atom. The van der Waals surface area contributed by atoms with Crippen molar-refractivity contribution in [2.75, 3.05) is 0 Å². The number of carbonyl (C=O) groups excluding carboxylic acids is 1. The van der Waals surface area contributed by atoms with Crippen LogP contribution in [0.1, 0.15) is 49.4 Å². The maximum Gasteiger partial charge on any atom is 0.291 e. The molecule has 0 spiro atoms. The first kappa shape index (κ1) is 16.2. The maximum absolute atomic E-state index is 12.1. The molecule has 1 aromatic carbocycles. The van der Waals surface area contributed by atoms with Gasteiger partial charge in [-0.2, -0.15) is 10.2 Å². The van der Waals surface area contributed by atoms with Crippen LogP contribution in [0.15, 0.2) is 35.4 Å². The minimum absolute atomic E-state index is 0.0893. The molecule has 0 saturated carbocycles. The first-order valence-electron chi connectivity index (χ1n) is 6.94. The first-order valence-corrected chi connectivity index (χ1v) is 7.31. The van der Waals surface area contributed by atoms with Crippen LogP contribution >= 0.6 is 11.6 Å². The number of nitrogens with one attached hydrogen (secondary N) is 2. The summed E-state index contributed by atoms with van der Waals surface area (Å²) in [5.41, 5.74) is 5.22. The zero-order valence-electron chi connectivity index (χ0n) is 13.1. The van der Waals surface area contributed by atoms with Crippen molar-refractivity contribution in [3.05, 3.63) is 52.3 Å². The second kappa shape index (κ2) is 6.32. The van der Waals surface area contributed by atoms with Crippen LogP contribution in [0.4, 0.5) is 0 Å². The normalized spacial score (nSPS) is 12.3. The quantitative estimate of drug-likeness (QED) is 0.671. The lowest BCUT2D eigenvalue weighted by molar-refractivity contribution is 0.0950. The van der Waals surface area contributed by atoms with E-state index in [0.717, 1.165) is 11.3 Å². The van der Waals surface area contributed by atoms with Crippen LogP contribution in [-0.4, -0.2) is 21.8 Å². The van der Waals surface area contributed by atoms with Gasteiger partial charge in [-0.05, 0) is 30.7 Å². The first-order chi connectivity index (χ1) is 10.3. The van der Waals surface area contributed by atoms with E-state index >= 15 is 0 Å². The van der Waals surface area contributed by atoms with Gasteiger partial charge in [-0.25, -0.2) is 5.43 Å². The van der Waals surface area contributed by atoms with Gasteiger partial charge in [0.05, 0.1) is 5.71 Å². The van der Waals surface area contributed by atoms with Gasteiger partial charge in [0.1, 0.15) is 0 Å². The van der Waals surface area contributed by atoms with Gasteiger partial charge in [0.2, 0.25) is 0 Å². The number of H-pyrrole nitrogens is 1. The van der Waals surface area contributed by atoms with E-state index in [2.05, 4.69) is 20.7 Å². The minimum atomic E-state index is -0.347. The molecule has 0 aliphatic rings. The average Bonchev–Trinajstić information content (AvgIpc) is 2.95. The number of halogens is 1. The fourth-order valence-electron chi connectivity index (χ4n) is 1.77. The molecule has 2 rings (SSSR count). The molecule has 0 radical (unpaired) electrons. The predicted molar refractivity (Wildman–Crippen MR) is 88.4 cm³/mol. The number of amides is 1. The van der Waals surface area contributed by atoms with E-state index in [4.69, 9.17) is 11.6 Å². The summed E-state index contributed by atoms with van der Waals surface area (Å²) in [5.74, 6) is -0.347. The molecule has 1 aromatic heterocycles. The number of benzene rings is 1. The summed E-state index contributed by atoms with van der Waals surface area (Å²) in [6.45, 7) is 7.95. The third kappa shape index (κ3) is 3.95.